The average Bonchev–Trinajstić information content (AvgIpc) is 2.62. The van der Waals surface area contributed by atoms with Gasteiger partial charge in [0.25, 0.3) is 0 Å². The van der Waals surface area contributed by atoms with Crippen molar-refractivity contribution in [2.24, 2.45) is 11.5 Å². The standard InChI is InChI=1S/C17H32N4O6S/c18-8-2-1-4-11(10-15(23)24)20-16(25)13(5-3-9-28)21-14(22)7-6-12(19)17(26)27/h11-13,28H,1-10,18-19H2,(H,20,25)(H,21,22)(H,23,24)(H,26,27). The third kappa shape index (κ3) is 12.5. The number of hydrogen-bond donors (Lipinski definition) is 7. The Morgan fingerprint density at radius 2 is 1.64 bits per heavy atom. The smallest absolute Gasteiger partial charge is 0.320 e. The fraction of sp³-hybridized carbons (Fsp3) is 0.765. The van der Waals surface area contributed by atoms with E-state index >= 15 is 0 Å². The first kappa shape index (κ1) is 26.1. The number of thiol groups is 1. The van der Waals surface area contributed by atoms with E-state index in [1.807, 2.05) is 0 Å². The second kappa shape index (κ2) is 15.1. The van der Waals surface area contributed by atoms with Gasteiger partial charge in [-0.05, 0) is 44.4 Å². The number of carbonyl (C=O) groups is 4. The molecule has 0 aliphatic carbocycles. The molecule has 0 saturated heterocycles. The lowest BCUT2D eigenvalue weighted by Crippen LogP contribution is -2.50. The van der Waals surface area contributed by atoms with Crippen LogP contribution in [-0.2, 0) is 19.2 Å². The first-order valence-electron chi connectivity index (χ1n) is 9.32. The minimum atomic E-state index is -1.20. The monoisotopic (exact) mass is 420 g/mol. The van der Waals surface area contributed by atoms with Crippen molar-refractivity contribution in [3.05, 3.63) is 0 Å². The zero-order valence-corrected chi connectivity index (χ0v) is 16.8. The molecule has 0 aliphatic heterocycles. The summed E-state index contributed by atoms with van der Waals surface area (Å²) in [5.41, 5.74) is 10.8. The molecule has 8 N–H and O–H groups in total. The third-order valence-electron chi connectivity index (χ3n) is 4.08. The van der Waals surface area contributed by atoms with E-state index in [1.165, 1.54) is 0 Å². The summed E-state index contributed by atoms with van der Waals surface area (Å²) in [7, 11) is 0. The van der Waals surface area contributed by atoms with Gasteiger partial charge in [0.15, 0.2) is 0 Å². The molecule has 3 unspecified atom stereocenters. The molecule has 10 nitrogen and oxygen atoms in total. The highest BCUT2D eigenvalue weighted by atomic mass is 32.1. The number of carboxylic acid groups (broad SMARTS) is 2. The van der Waals surface area contributed by atoms with Crippen LogP contribution in [0.4, 0.5) is 0 Å². The molecule has 162 valence electrons. The Morgan fingerprint density at radius 3 is 2.18 bits per heavy atom. The van der Waals surface area contributed by atoms with Gasteiger partial charge in [0.05, 0.1) is 6.42 Å². The highest BCUT2D eigenvalue weighted by molar-refractivity contribution is 7.80. The predicted molar refractivity (Wildman–Crippen MR) is 107 cm³/mol. The van der Waals surface area contributed by atoms with Crippen LogP contribution in [0, 0.1) is 0 Å². The van der Waals surface area contributed by atoms with Gasteiger partial charge in [0.1, 0.15) is 12.1 Å². The molecule has 0 heterocycles. The van der Waals surface area contributed by atoms with E-state index in [0.29, 0.717) is 38.0 Å². The lowest BCUT2D eigenvalue weighted by Gasteiger charge is -2.23. The van der Waals surface area contributed by atoms with E-state index < -0.39 is 41.9 Å². The van der Waals surface area contributed by atoms with Crippen LogP contribution >= 0.6 is 12.6 Å². The molecule has 0 rings (SSSR count). The third-order valence-corrected chi connectivity index (χ3v) is 4.39. The Balaban J connectivity index is 4.83. The van der Waals surface area contributed by atoms with E-state index in [4.69, 9.17) is 21.7 Å². The second-order valence-electron chi connectivity index (χ2n) is 6.56. The summed E-state index contributed by atoms with van der Waals surface area (Å²) in [6.07, 6.45) is 2.34. The van der Waals surface area contributed by atoms with Crippen molar-refractivity contribution in [2.45, 2.75) is 69.5 Å². The van der Waals surface area contributed by atoms with Crippen molar-refractivity contribution in [1.29, 1.82) is 0 Å². The van der Waals surface area contributed by atoms with Crippen LogP contribution in [0.1, 0.15) is 51.4 Å². The minimum Gasteiger partial charge on any atom is -0.481 e. The van der Waals surface area contributed by atoms with E-state index in [1.54, 1.807) is 0 Å². The number of rotatable bonds is 16. The van der Waals surface area contributed by atoms with E-state index in [-0.39, 0.29) is 19.3 Å². The summed E-state index contributed by atoms with van der Waals surface area (Å²) in [4.78, 5) is 46.4. The van der Waals surface area contributed by atoms with Crippen LogP contribution in [0.25, 0.3) is 0 Å². The van der Waals surface area contributed by atoms with Crippen molar-refractivity contribution >= 4 is 36.4 Å². The van der Waals surface area contributed by atoms with Gasteiger partial charge in [-0.1, -0.05) is 6.42 Å². The quantitative estimate of drug-likeness (QED) is 0.128. The summed E-state index contributed by atoms with van der Waals surface area (Å²) < 4.78 is 0. The van der Waals surface area contributed by atoms with Crippen LogP contribution in [0.5, 0.6) is 0 Å². The molecule has 0 radical (unpaired) electrons. The molecule has 0 aromatic heterocycles. The molecule has 0 saturated carbocycles. The molecule has 0 aromatic carbocycles. The maximum Gasteiger partial charge on any atom is 0.320 e. The Kier molecular flexibility index (Phi) is 14.1. The SMILES string of the molecule is NCCCCC(CC(=O)O)NC(=O)C(CCCS)NC(=O)CCC(N)C(=O)O. The van der Waals surface area contributed by atoms with Gasteiger partial charge in [0, 0.05) is 12.5 Å². The van der Waals surface area contributed by atoms with Gasteiger partial charge in [-0.25, -0.2) is 0 Å². The Morgan fingerprint density at radius 1 is 0.964 bits per heavy atom. The Labute approximate surface area is 170 Å². The van der Waals surface area contributed by atoms with Gasteiger partial charge >= 0.3 is 11.9 Å². The number of carboxylic acids is 2. The van der Waals surface area contributed by atoms with E-state index in [2.05, 4.69) is 23.3 Å². The Hall–Kier alpha value is -1.85. The number of aliphatic carboxylic acids is 2. The van der Waals surface area contributed by atoms with Gasteiger partial charge < -0.3 is 32.3 Å². The first-order valence-corrected chi connectivity index (χ1v) is 9.95. The fourth-order valence-corrected chi connectivity index (χ4v) is 2.70. The van der Waals surface area contributed by atoms with Crippen molar-refractivity contribution in [3.8, 4) is 0 Å². The zero-order valence-electron chi connectivity index (χ0n) is 15.9. The van der Waals surface area contributed by atoms with Crippen molar-refractivity contribution in [1.82, 2.24) is 10.6 Å². The van der Waals surface area contributed by atoms with Crippen LogP contribution in [0.15, 0.2) is 0 Å². The number of nitrogens with two attached hydrogens (primary N) is 2. The topological polar surface area (TPSA) is 185 Å². The first-order chi connectivity index (χ1) is 13.2. The molecule has 11 heteroatoms. The number of amides is 2. The minimum absolute atomic E-state index is 0.0528. The molecular weight excluding hydrogens is 388 g/mol. The van der Waals surface area contributed by atoms with Crippen molar-refractivity contribution in [2.75, 3.05) is 12.3 Å². The number of unbranched alkanes of at least 4 members (excludes halogenated alkanes) is 1. The molecule has 0 aromatic rings. The molecule has 0 aliphatic rings. The summed E-state index contributed by atoms with van der Waals surface area (Å²) in [5.74, 6) is -2.69. The summed E-state index contributed by atoms with van der Waals surface area (Å²) in [6, 6.07) is -2.57. The fourth-order valence-electron chi connectivity index (χ4n) is 2.51. The molecule has 0 fully saturated rings. The number of nitrogens with one attached hydrogen (secondary N) is 2. The molecular formula is C17H32N4O6S. The van der Waals surface area contributed by atoms with Gasteiger partial charge in [-0.3, -0.25) is 19.2 Å². The van der Waals surface area contributed by atoms with Crippen LogP contribution < -0.4 is 22.1 Å². The normalized spacial score (nSPS) is 14.0. The summed E-state index contributed by atoms with van der Waals surface area (Å²) >= 11 is 4.10. The van der Waals surface area contributed by atoms with Crippen LogP contribution in [-0.4, -0.2) is 64.4 Å². The molecule has 0 bridgehead atoms. The maximum atomic E-state index is 12.6. The average molecular weight is 421 g/mol. The maximum absolute atomic E-state index is 12.6. The van der Waals surface area contributed by atoms with E-state index in [0.717, 1.165) is 6.42 Å². The Bertz CT molecular complexity index is 520. The highest BCUT2D eigenvalue weighted by Gasteiger charge is 2.24. The van der Waals surface area contributed by atoms with Crippen LogP contribution in [0.2, 0.25) is 0 Å². The summed E-state index contributed by atoms with van der Waals surface area (Å²) in [5, 5.41) is 23.0. The molecule has 3 atom stereocenters. The summed E-state index contributed by atoms with van der Waals surface area (Å²) in [6.45, 7) is 0.479. The lowest BCUT2D eigenvalue weighted by molar-refractivity contribution is -0.140. The van der Waals surface area contributed by atoms with E-state index in [9.17, 15) is 19.2 Å². The van der Waals surface area contributed by atoms with Crippen molar-refractivity contribution in [3.63, 3.8) is 0 Å². The van der Waals surface area contributed by atoms with Crippen molar-refractivity contribution < 1.29 is 29.4 Å². The lowest BCUT2D eigenvalue weighted by atomic mass is 10.0. The number of hydrogen-bond acceptors (Lipinski definition) is 7. The van der Waals surface area contributed by atoms with Gasteiger partial charge in [-0.15, -0.1) is 0 Å². The van der Waals surface area contributed by atoms with Gasteiger partial charge in [-0.2, -0.15) is 12.6 Å². The molecule has 2 amide bonds. The molecule has 28 heavy (non-hydrogen) atoms. The second-order valence-corrected chi connectivity index (χ2v) is 7.00. The number of carbonyl (C=O) groups excluding carboxylic acids is 2. The van der Waals surface area contributed by atoms with Gasteiger partial charge in [0.2, 0.25) is 11.8 Å². The highest BCUT2D eigenvalue weighted by Crippen LogP contribution is 2.08. The zero-order chi connectivity index (χ0) is 21.5. The van der Waals surface area contributed by atoms with Crippen LogP contribution in [0.3, 0.4) is 0 Å². The molecule has 0 spiro atoms. The predicted octanol–water partition coefficient (Wildman–Crippen LogP) is -0.538. The largest absolute Gasteiger partial charge is 0.481 e.